The van der Waals surface area contributed by atoms with Crippen LogP contribution in [0.1, 0.15) is 11.1 Å². The summed E-state index contributed by atoms with van der Waals surface area (Å²) in [5.74, 6) is 5.46. The Hall–Kier alpha value is -1.55. The molecule has 19 heavy (non-hydrogen) atoms. The van der Waals surface area contributed by atoms with Crippen molar-refractivity contribution in [3.8, 4) is 11.8 Å². The molecule has 0 fully saturated rings. The zero-order chi connectivity index (χ0) is 14.3. The van der Waals surface area contributed by atoms with Crippen molar-refractivity contribution < 1.29 is 13.2 Å². The van der Waals surface area contributed by atoms with E-state index >= 15 is 0 Å². The summed E-state index contributed by atoms with van der Waals surface area (Å²) in [5, 5.41) is 0. The van der Waals surface area contributed by atoms with Crippen molar-refractivity contribution in [1.29, 1.82) is 0 Å². The SMILES string of the molecule is COCCS(=O)(=O)Nc1cc(C)ccc1C#CCN. The van der Waals surface area contributed by atoms with E-state index in [2.05, 4.69) is 16.6 Å². The van der Waals surface area contributed by atoms with Gasteiger partial charge in [0, 0.05) is 12.7 Å². The van der Waals surface area contributed by atoms with Gasteiger partial charge in [-0.15, -0.1) is 0 Å². The molecule has 3 N–H and O–H groups in total. The highest BCUT2D eigenvalue weighted by Gasteiger charge is 2.12. The molecule has 1 rings (SSSR count). The minimum atomic E-state index is -3.44. The Balaban J connectivity index is 3.02. The van der Waals surface area contributed by atoms with Gasteiger partial charge in [-0.3, -0.25) is 4.72 Å². The van der Waals surface area contributed by atoms with E-state index in [4.69, 9.17) is 10.5 Å². The summed E-state index contributed by atoms with van der Waals surface area (Å²) in [6, 6.07) is 5.38. The zero-order valence-electron chi connectivity index (χ0n) is 11.1. The molecule has 0 aliphatic rings. The maximum Gasteiger partial charge on any atom is 0.235 e. The first-order valence-corrected chi connectivity index (χ1v) is 7.43. The van der Waals surface area contributed by atoms with Gasteiger partial charge < -0.3 is 10.5 Å². The molecule has 0 saturated carbocycles. The molecule has 0 radical (unpaired) electrons. The van der Waals surface area contributed by atoms with E-state index in [1.54, 1.807) is 12.1 Å². The van der Waals surface area contributed by atoms with Crippen molar-refractivity contribution in [1.82, 2.24) is 0 Å². The van der Waals surface area contributed by atoms with Crippen molar-refractivity contribution in [2.45, 2.75) is 6.92 Å². The quantitative estimate of drug-likeness (QED) is 0.779. The highest BCUT2D eigenvalue weighted by Crippen LogP contribution is 2.18. The topological polar surface area (TPSA) is 81.4 Å². The monoisotopic (exact) mass is 282 g/mol. The summed E-state index contributed by atoms with van der Waals surface area (Å²) >= 11 is 0. The number of hydrogen-bond acceptors (Lipinski definition) is 4. The van der Waals surface area contributed by atoms with Gasteiger partial charge in [0.25, 0.3) is 0 Å². The average Bonchev–Trinajstić information content (AvgIpc) is 2.35. The van der Waals surface area contributed by atoms with Crippen molar-refractivity contribution >= 4 is 15.7 Å². The molecule has 1 aromatic rings. The largest absolute Gasteiger partial charge is 0.384 e. The molecular weight excluding hydrogens is 264 g/mol. The van der Waals surface area contributed by atoms with Gasteiger partial charge in [-0.25, -0.2) is 8.42 Å². The number of nitrogens with two attached hydrogens (primary N) is 1. The first-order chi connectivity index (χ1) is 8.98. The van der Waals surface area contributed by atoms with E-state index in [1.807, 2.05) is 13.0 Å². The van der Waals surface area contributed by atoms with Crippen molar-refractivity contribution in [2.24, 2.45) is 5.73 Å². The fourth-order valence-electron chi connectivity index (χ4n) is 1.41. The third kappa shape index (κ3) is 5.30. The highest BCUT2D eigenvalue weighted by atomic mass is 32.2. The second-order valence-electron chi connectivity index (χ2n) is 3.97. The Morgan fingerprint density at radius 1 is 1.42 bits per heavy atom. The van der Waals surface area contributed by atoms with E-state index < -0.39 is 10.0 Å². The number of nitrogens with one attached hydrogen (secondary N) is 1. The number of ether oxygens (including phenoxy) is 1. The van der Waals surface area contributed by atoms with Crippen LogP contribution in [0.4, 0.5) is 5.69 Å². The lowest BCUT2D eigenvalue weighted by Gasteiger charge is -2.10. The van der Waals surface area contributed by atoms with Crippen LogP contribution in [0.2, 0.25) is 0 Å². The van der Waals surface area contributed by atoms with E-state index in [-0.39, 0.29) is 18.9 Å². The Kier molecular flexibility index (Phi) is 5.83. The molecule has 0 spiro atoms. The van der Waals surface area contributed by atoms with Gasteiger partial charge in [0.05, 0.1) is 24.6 Å². The lowest BCUT2D eigenvalue weighted by Crippen LogP contribution is -2.20. The molecule has 104 valence electrons. The van der Waals surface area contributed by atoms with Gasteiger partial charge in [-0.2, -0.15) is 0 Å². The number of aryl methyl sites for hydroxylation is 1. The molecular formula is C13H18N2O3S. The maximum absolute atomic E-state index is 11.8. The van der Waals surface area contributed by atoms with Crippen LogP contribution in [0.25, 0.3) is 0 Å². The van der Waals surface area contributed by atoms with E-state index in [0.29, 0.717) is 11.3 Å². The molecule has 1 aromatic carbocycles. The molecule has 6 heteroatoms. The highest BCUT2D eigenvalue weighted by molar-refractivity contribution is 7.92. The summed E-state index contributed by atoms with van der Waals surface area (Å²) < 4.78 is 31.0. The fraction of sp³-hybridized carbons (Fsp3) is 0.385. The number of benzene rings is 1. The molecule has 0 amide bonds. The van der Waals surface area contributed by atoms with E-state index in [0.717, 1.165) is 5.56 Å². The van der Waals surface area contributed by atoms with Crippen molar-refractivity contribution in [3.63, 3.8) is 0 Å². The first-order valence-electron chi connectivity index (χ1n) is 5.77. The summed E-state index contributed by atoms with van der Waals surface area (Å²) in [6.07, 6.45) is 0. The minimum absolute atomic E-state index is 0.0960. The Labute approximate surface area is 114 Å². The molecule has 0 saturated heterocycles. The van der Waals surface area contributed by atoms with Gasteiger partial charge in [0.1, 0.15) is 0 Å². The standard InChI is InChI=1S/C13H18N2O3S/c1-11-5-6-12(4-3-7-14)13(10-11)15-19(16,17)9-8-18-2/h5-6,10,15H,7-9,14H2,1-2H3. The van der Waals surface area contributed by atoms with E-state index in [9.17, 15) is 8.42 Å². The van der Waals surface area contributed by atoms with Crippen LogP contribution in [0.15, 0.2) is 18.2 Å². The van der Waals surface area contributed by atoms with Gasteiger partial charge in [0.2, 0.25) is 10.0 Å². The Morgan fingerprint density at radius 3 is 2.79 bits per heavy atom. The summed E-state index contributed by atoms with van der Waals surface area (Å²) in [7, 11) is -1.98. The molecule has 5 nitrogen and oxygen atoms in total. The predicted molar refractivity (Wildman–Crippen MR) is 76.4 cm³/mol. The average molecular weight is 282 g/mol. The minimum Gasteiger partial charge on any atom is -0.384 e. The number of hydrogen-bond donors (Lipinski definition) is 2. The Morgan fingerprint density at radius 2 is 2.16 bits per heavy atom. The lowest BCUT2D eigenvalue weighted by atomic mass is 10.1. The molecule has 0 heterocycles. The number of methoxy groups -OCH3 is 1. The molecule has 0 unspecified atom stereocenters. The molecule has 0 atom stereocenters. The third-order valence-corrected chi connectivity index (χ3v) is 3.56. The van der Waals surface area contributed by atoms with Crippen LogP contribution in [-0.4, -0.2) is 34.4 Å². The second-order valence-corrected chi connectivity index (χ2v) is 5.81. The number of anilines is 1. The normalized spacial score (nSPS) is 10.7. The molecule has 0 aliphatic heterocycles. The van der Waals surface area contributed by atoms with Gasteiger partial charge in [-0.1, -0.05) is 17.9 Å². The number of sulfonamides is 1. The third-order valence-electron chi connectivity index (χ3n) is 2.32. The van der Waals surface area contributed by atoms with E-state index in [1.165, 1.54) is 7.11 Å². The summed E-state index contributed by atoms with van der Waals surface area (Å²) in [5.41, 5.74) is 7.35. The van der Waals surface area contributed by atoms with Crippen molar-refractivity contribution in [3.05, 3.63) is 29.3 Å². The predicted octanol–water partition coefficient (Wildman–Crippen LogP) is 0.693. The van der Waals surface area contributed by atoms with Gasteiger partial charge >= 0.3 is 0 Å². The van der Waals surface area contributed by atoms with Gasteiger partial charge in [-0.05, 0) is 24.6 Å². The van der Waals surface area contributed by atoms with Crippen LogP contribution in [-0.2, 0) is 14.8 Å². The Bertz CT molecular complexity index is 586. The van der Waals surface area contributed by atoms with Crippen LogP contribution in [0, 0.1) is 18.8 Å². The molecule has 0 bridgehead atoms. The second kappa shape index (κ2) is 7.14. The smallest absolute Gasteiger partial charge is 0.235 e. The summed E-state index contributed by atoms with van der Waals surface area (Å²) in [4.78, 5) is 0. The zero-order valence-corrected chi connectivity index (χ0v) is 11.9. The van der Waals surface area contributed by atoms with Crippen LogP contribution in [0.5, 0.6) is 0 Å². The lowest BCUT2D eigenvalue weighted by molar-refractivity contribution is 0.217. The maximum atomic E-state index is 11.8. The van der Waals surface area contributed by atoms with Crippen LogP contribution in [0.3, 0.4) is 0 Å². The number of rotatable bonds is 5. The molecule has 0 aliphatic carbocycles. The fourth-order valence-corrected chi connectivity index (χ4v) is 2.40. The first kappa shape index (κ1) is 15.5. The van der Waals surface area contributed by atoms with Crippen LogP contribution >= 0.6 is 0 Å². The molecule has 0 aromatic heterocycles. The van der Waals surface area contributed by atoms with Crippen molar-refractivity contribution in [2.75, 3.05) is 30.7 Å². The summed E-state index contributed by atoms with van der Waals surface area (Å²) in [6.45, 7) is 2.25. The van der Waals surface area contributed by atoms with Gasteiger partial charge in [0.15, 0.2) is 0 Å². The van der Waals surface area contributed by atoms with Crippen LogP contribution < -0.4 is 10.5 Å².